The number of benzene rings is 1. The van der Waals surface area contributed by atoms with Gasteiger partial charge in [-0.1, -0.05) is 30.3 Å². The predicted molar refractivity (Wildman–Crippen MR) is 85.2 cm³/mol. The van der Waals surface area contributed by atoms with Gasteiger partial charge in [-0.3, -0.25) is 4.79 Å². The highest BCUT2D eigenvalue weighted by molar-refractivity contribution is 5.96. The standard InChI is InChI=1S/C17H21N3O2/c1-3-15-16(13(2)18-22-15)17(21)20-11-9-19(10-12-20)14-7-5-4-6-8-14/h4-8H,3,9-12H2,1-2H3. The van der Waals surface area contributed by atoms with Crippen molar-refractivity contribution in [2.75, 3.05) is 31.1 Å². The van der Waals surface area contributed by atoms with Crippen molar-refractivity contribution in [3.8, 4) is 0 Å². The molecule has 1 aromatic heterocycles. The van der Waals surface area contributed by atoms with E-state index in [1.165, 1.54) is 5.69 Å². The molecular formula is C17H21N3O2. The average Bonchev–Trinajstić information content (AvgIpc) is 2.96. The number of nitrogens with zero attached hydrogens (tertiary/aromatic N) is 3. The van der Waals surface area contributed by atoms with Crippen LogP contribution in [0.1, 0.15) is 28.7 Å². The average molecular weight is 299 g/mol. The molecule has 0 bridgehead atoms. The number of hydrogen-bond donors (Lipinski definition) is 0. The smallest absolute Gasteiger partial charge is 0.259 e. The molecule has 5 nitrogen and oxygen atoms in total. The second-order valence-electron chi connectivity index (χ2n) is 5.53. The van der Waals surface area contributed by atoms with Crippen LogP contribution in [0, 0.1) is 6.92 Å². The fourth-order valence-corrected chi connectivity index (χ4v) is 2.90. The van der Waals surface area contributed by atoms with Crippen molar-refractivity contribution in [2.24, 2.45) is 0 Å². The van der Waals surface area contributed by atoms with Gasteiger partial charge in [0.15, 0.2) is 0 Å². The molecular weight excluding hydrogens is 278 g/mol. The molecule has 1 aliphatic rings. The Labute approximate surface area is 130 Å². The first kappa shape index (κ1) is 14.6. The van der Waals surface area contributed by atoms with Gasteiger partial charge in [0.05, 0.1) is 5.69 Å². The van der Waals surface area contributed by atoms with Crippen molar-refractivity contribution in [3.05, 3.63) is 47.3 Å². The normalized spacial score (nSPS) is 15.2. The molecule has 1 aliphatic heterocycles. The Kier molecular flexibility index (Phi) is 4.13. The van der Waals surface area contributed by atoms with Gasteiger partial charge >= 0.3 is 0 Å². The molecule has 3 rings (SSSR count). The Hall–Kier alpha value is -2.30. The Morgan fingerprint density at radius 1 is 1.18 bits per heavy atom. The number of piperazine rings is 1. The molecule has 22 heavy (non-hydrogen) atoms. The third kappa shape index (κ3) is 2.71. The molecule has 0 unspecified atom stereocenters. The lowest BCUT2D eigenvalue weighted by Gasteiger charge is -2.36. The molecule has 1 amide bonds. The van der Waals surface area contributed by atoms with E-state index in [-0.39, 0.29) is 5.91 Å². The summed E-state index contributed by atoms with van der Waals surface area (Å²) in [6, 6.07) is 10.3. The molecule has 0 saturated carbocycles. The van der Waals surface area contributed by atoms with Crippen LogP contribution in [0.5, 0.6) is 0 Å². The maximum Gasteiger partial charge on any atom is 0.259 e. The summed E-state index contributed by atoms with van der Waals surface area (Å²) < 4.78 is 5.24. The molecule has 0 atom stereocenters. The number of rotatable bonds is 3. The number of aryl methyl sites for hydroxylation is 2. The molecule has 0 spiro atoms. The van der Waals surface area contributed by atoms with Crippen LogP contribution >= 0.6 is 0 Å². The van der Waals surface area contributed by atoms with Crippen molar-refractivity contribution in [2.45, 2.75) is 20.3 Å². The van der Waals surface area contributed by atoms with Crippen LogP contribution in [-0.2, 0) is 6.42 Å². The number of carbonyl (C=O) groups excluding carboxylic acids is 1. The minimum Gasteiger partial charge on any atom is -0.368 e. The van der Waals surface area contributed by atoms with Crippen molar-refractivity contribution >= 4 is 11.6 Å². The molecule has 116 valence electrons. The second kappa shape index (κ2) is 6.22. The van der Waals surface area contributed by atoms with Crippen LogP contribution < -0.4 is 4.90 Å². The highest BCUT2D eigenvalue weighted by atomic mass is 16.5. The predicted octanol–water partition coefficient (Wildman–Crippen LogP) is 2.51. The van der Waals surface area contributed by atoms with Crippen molar-refractivity contribution in [1.29, 1.82) is 0 Å². The number of amides is 1. The fourth-order valence-electron chi connectivity index (χ4n) is 2.90. The SMILES string of the molecule is CCc1onc(C)c1C(=O)N1CCN(c2ccccc2)CC1. The van der Waals surface area contributed by atoms with Crippen molar-refractivity contribution < 1.29 is 9.32 Å². The van der Waals surface area contributed by atoms with Crippen LogP contribution in [0.4, 0.5) is 5.69 Å². The zero-order valence-corrected chi connectivity index (χ0v) is 13.1. The molecule has 1 saturated heterocycles. The maximum absolute atomic E-state index is 12.7. The van der Waals surface area contributed by atoms with Gasteiger partial charge in [-0.25, -0.2) is 0 Å². The molecule has 1 fully saturated rings. The molecule has 2 heterocycles. The van der Waals surface area contributed by atoms with Crippen molar-refractivity contribution in [1.82, 2.24) is 10.1 Å². The summed E-state index contributed by atoms with van der Waals surface area (Å²) in [4.78, 5) is 16.9. The van der Waals surface area contributed by atoms with E-state index in [0.717, 1.165) is 26.2 Å². The molecule has 2 aromatic rings. The Morgan fingerprint density at radius 3 is 2.50 bits per heavy atom. The minimum absolute atomic E-state index is 0.0447. The highest BCUT2D eigenvalue weighted by Gasteiger charge is 2.27. The van der Waals surface area contributed by atoms with E-state index in [9.17, 15) is 4.79 Å². The monoisotopic (exact) mass is 299 g/mol. The third-order valence-electron chi connectivity index (χ3n) is 4.16. The van der Waals surface area contributed by atoms with Gasteiger partial charge in [-0.05, 0) is 19.1 Å². The number of hydrogen-bond acceptors (Lipinski definition) is 4. The lowest BCUT2D eigenvalue weighted by Crippen LogP contribution is -2.49. The largest absolute Gasteiger partial charge is 0.368 e. The highest BCUT2D eigenvalue weighted by Crippen LogP contribution is 2.20. The number of aromatic nitrogens is 1. The molecule has 5 heteroatoms. The Morgan fingerprint density at radius 2 is 1.86 bits per heavy atom. The quantitative estimate of drug-likeness (QED) is 0.874. The van der Waals surface area contributed by atoms with E-state index in [0.29, 0.717) is 23.4 Å². The maximum atomic E-state index is 12.7. The Bertz CT molecular complexity index is 643. The molecule has 1 aromatic carbocycles. The number of para-hydroxylation sites is 1. The van der Waals surface area contributed by atoms with Gasteiger partial charge in [-0.15, -0.1) is 0 Å². The first-order chi connectivity index (χ1) is 10.7. The summed E-state index contributed by atoms with van der Waals surface area (Å²) >= 11 is 0. The van der Waals surface area contributed by atoms with Crippen LogP contribution in [0.25, 0.3) is 0 Å². The van der Waals surface area contributed by atoms with Gasteiger partial charge in [0.25, 0.3) is 5.91 Å². The van der Waals surface area contributed by atoms with Crippen molar-refractivity contribution in [3.63, 3.8) is 0 Å². The minimum atomic E-state index is 0.0447. The topological polar surface area (TPSA) is 49.6 Å². The Balaban J connectivity index is 1.69. The summed E-state index contributed by atoms with van der Waals surface area (Å²) in [5.74, 6) is 0.733. The van der Waals surface area contributed by atoms with E-state index in [1.807, 2.05) is 36.9 Å². The summed E-state index contributed by atoms with van der Waals surface area (Å²) in [5, 5.41) is 3.93. The lowest BCUT2D eigenvalue weighted by molar-refractivity contribution is 0.0744. The number of carbonyl (C=O) groups is 1. The zero-order chi connectivity index (χ0) is 15.5. The zero-order valence-electron chi connectivity index (χ0n) is 13.1. The summed E-state index contributed by atoms with van der Waals surface area (Å²) in [6.07, 6.45) is 0.686. The van der Waals surface area contributed by atoms with Crippen LogP contribution in [-0.4, -0.2) is 42.1 Å². The lowest BCUT2D eigenvalue weighted by atomic mass is 10.1. The van der Waals surface area contributed by atoms with E-state index >= 15 is 0 Å². The molecule has 0 radical (unpaired) electrons. The van der Waals surface area contributed by atoms with Crippen LogP contribution in [0.15, 0.2) is 34.9 Å². The third-order valence-corrected chi connectivity index (χ3v) is 4.16. The van der Waals surface area contributed by atoms with Gasteiger partial charge in [0, 0.05) is 38.3 Å². The van der Waals surface area contributed by atoms with Gasteiger partial charge < -0.3 is 14.3 Å². The van der Waals surface area contributed by atoms with E-state index in [4.69, 9.17) is 4.52 Å². The van der Waals surface area contributed by atoms with Gasteiger partial charge in [0.2, 0.25) is 0 Å². The first-order valence-electron chi connectivity index (χ1n) is 7.75. The van der Waals surface area contributed by atoms with E-state index in [1.54, 1.807) is 0 Å². The van der Waals surface area contributed by atoms with E-state index in [2.05, 4.69) is 22.2 Å². The second-order valence-corrected chi connectivity index (χ2v) is 5.53. The van der Waals surface area contributed by atoms with Gasteiger partial charge in [-0.2, -0.15) is 0 Å². The summed E-state index contributed by atoms with van der Waals surface area (Å²) in [6.45, 7) is 6.95. The van der Waals surface area contributed by atoms with Crippen LogP contribution in [0.2, 0.25) is 0 Å². The fraction of sp³-hybridized carbons (Fsp3) is 0.412. The number of anilines is 1. The summed E-state index contributed by atoms with van der Waals surface area (Å²) in [5.41, 5.74) is 2.55. The van der Waals surface area contributed by atoms with Crippen LogP contribution in [0.3, 0.4) is 0 Å². The van der Waals surface area contributed by atoms with Gasteiger partial charge in [0.1, 0.15) is 11.3 Å². The van der Waals surface area contributed by atoms with E-state index < -0.39 is 0 Å². The first-order valence-corrected chi connectivity index (χ1v) is 7.75. The summed E-state index contributed by atoms with van der Waals surface area (Å²) in [7, 11) is 0. The molecule has 0 N–H and O–H groups in total. The molecule has 0 aliphatic carbocycles.